The number of rotatable bonds is 8. The summed E-state index contributed by atoms with van der Waals surface area (Å²) in [5.74, 6) is 2.19. The van der Waals surface area contributed by atoms with E-state index < -0.39 is 0 Å². The van der Waals surface area contributed by atoms with Crippen LogP contribution in [0, 0.1) is 6.92 Å². The molecule has 3 aliphatic rings. The molecule has 40 heavy (non-hydrogen) atoms. The topological polar surface area (TPSA) is 73.8 Å². The Morgan fingerprint density at radius 2 is 1.85 bits per heavy atom. The average molecular weight is 547 g/mol. The first-order valence-electron chi connectivity index (χ1n) is 15.3. The molecule has 1 unspecified atom stereocenters. The van der Waals surface area contributed by atoms with Crippen LogP contribution in [-0.2, 0) is 4.79 Å². The molecular formula is C32H46N6O2. The molecule has 5 heterocycles. The lowest BCUT2D eigenvalue weighted by Crippen LogP contribution is -2.48. The standard InChI is InChI=1S/C32H46N6O2/c1-6-15-37(16-7-2)28-9-14-33-32-30(28)23(5)40-31-22(4)34-26(21-27(31)35-32)24-10-17-36(18-11-24)25-12-19-38(20-13-25)29(39)8-3/h8-9,14,21,23-25H,3,6-7,10-13,15-20H2,1-2,4-5H3,(H,33,35). The number of aromatic nitrogens is 2. The fourth-order valence-electron chi connectivity index (χ4n) is 6.77. The summed E-state index contributed by atoms with van der Waals surface area (Å²) in [6.07, 6.45) is 9.68. The van der Waals surface area contributed by atoms with Gasteiger partial charge in [-0.3, -0.25) is 9.78 Å². The quantitative estimate of drug-likeness (QED) is 0.409. The molecule has 1 amide bonds. The molecule has 0 radical (unpaired) electrons. The molecule has 0 saturated carbocycles. The summed E-state index contributed by atoms with van der Waals surface area (Å²) in [6.45, 7) is 18.1. The van der Waals surface area contributed by atoms with Crippen molar-refractivity contribution in [1.29, 1.82) is 0 Å². The monoisotopic (exact) mass is 546 g/mol. The van der Waals surface area contributed by atoms with E-state index in [0.717, 1.165) is 112 Å². The number of amides is 1. The van der Waals surface area contributed by atoms with Crippen molar-refractivity contribution in [3.63, 3.8) is 0 Å². The molecule has 0 spiro atoms. The summed E-state index contributed by atoms with van der Waals surface area (Å²) in [5, 5.41) is 3.66. The van der Waals surface area contributed by atoms with Crippen molar-refractivity contribution in [1.82, 2.24) is 19.8 Å². The second-order valence-electron chi connectivity index (χ2n) is 11.5. The van der Waals surface area contributed by atoms with E-state index in [1.54, 1.807) is 0 Å². The maximum absolute atomic E-state index is 12.0. The van der Waals surface area contributed by atoms with E-state index in [-0.39, 0.29) is 12.0 Å². The van der Waals surface area contributed by atoms with Gasteiger partial charge < -0.3 is 24.8 Å². The van der Waals surface area contributed by atoms with Crippen LogP contribution in [0.1, 0.15) is 88.3 Å². The van der Waals surface area contributed by atoms with E-state index in [0.29, 0.717) is 12.0 Å². The van der Waals surface area contributed by atoms with Crippen LogP contribution in [0.5, 0.6) is 5.75 Å². The molecule has 1 atom stereocenters. The number of aryl methyl sites for hydroxylation is 1. The number of nitrogens with zero attached hydrogens (tertiary/aromatic N) is 5. The molecule has 2 aromatic heterocycles. The van der Waals surface area contributed by atoms with Crippen molar-refractivity contribution >= 4 is 23.1 Å². The molecule has 0 aliphatic carbocycles. The normalized spacial score (nSPS) is 20.1. The second kappa shape index (κ2) is 12.6. The zero-order valence-corrected chi connectivity index (χ0v) is 24.8. The minimum atomic E-state index is -0.133. The van der Waals surface area contributed by atoms with E-state index >= 15 is 0 Å². The summed E-state index contributed by atoms with van der Waals surface area (Å²) in [5.41, 5.74) is 5.37. The van der Waals surface area contributed by atoms with Gasteiger partial charge in [0.2, 0.25) is 5.91 Å². The maximum Gasteiger partial charge on any atom is 0.245 e. The van der Waals surface area contributed by atoms with Gasteiger partial charge in [0, 0.05) is 55.7 Å². The Hall–Kier alpha value is -3.13. The summed E-state index contributed by atoms with van der Waals surface area (Å²) in [6, 6.07) is 4.89. The smallest absolute Gasteiger partial charge is 0.245 e. The molecule has 5 rings (SSSR count). The van der Waals surface area contributed by atoms with E-state index in [9.17, 15) is 4.79 Å². The van der Waals surface area contributed by atoms with Crippen molar-refractivity contribution in [3.05, 3.63) is 47.9 Å². The number of carbonyl (C=O) groups excluding carboxylic acids is 1. The van der Waals surface area contributed by atoms with Crippen LogP contribution in [0.25, 0.3) is 0 Å². The number of likely N-dealkylation sites (tertiary alicyclic amines) is 2. The SMILES string of the molecule is C=CC(=O)N1CCC(N2CCC(c3cc4c(c(C)n3)OC(C)c3c(N(CCC)CCC)ccnc3N4)CC2)CC1. The van der Waals surface area contributed by atoms with Gasteiger partial charge in [0.1, 0.15) is 11.9 Å². The Morgan fingerprint density at radius 3 is 2.50 bits per heavy atom. The van der Waals surface area contributed by atoms with Gasteiger partial charge in [0.15, 0.2) is 5.75 Å². The maximum atomic E-state index is 12.0. The molecule has 8 nitrogen and oxygen atoms in total. The van der Waals surface area contributed by atoms with E-state index in [2.05, 4.69) is 61.5 Å². The van der Waals surface area contributed by atoms with Crippen LogP contribution in [0.2, 0.25) is 0 Å². The highest BCUT2D eigenvalue weighted by atomic mass is 16.5. The fourth-order valence-corrected chi connectivity index (χ4v) is 6.77. The summed E-state index contributed by atoms with van der Waals surface area (Å²) < 4.78 is 6.60. The number of ether oxygens (including phenoxy) is 1. The highest BCUT2D eigenvalue weighted by molar-refractivity contribution is 5.87. The van der Waals surface area contributed by atoms with Gasteiger partial charge >= 0.3 is 0 Å². The summed E-state index contributed by atoms with van der Waals surface area (Å²) >= 11 is 0. The summed E-state index contributed by atoms with van der Waals surface area (Å²) in [7, 11) is 0. The van der Waals surface area contributed by atoms with E-state index in [1.165, 1.54) is 11.8 Å². The predicted molar refractivity (Wildman–Crippen MR) is 162 cm³/mol. The Balaban J connectivity index is 1.31. The first-order chi connectivity index (χ1) is 19.4. The predicted octanol–water partition coefficient (Wildman–Crippen LogP) is 5.96. The van der Waals surface area contributed by atoms with Crippen molar-refractivity contribution in [2.45, 2.75) is 84.3 Å². The van der Waals surface area contributed by atoms with Crippen LogP contribution in [0.15, 0.2) is 31.0 Å². The minimum absolute atomic E-state index is 0.0575. The van der Waals surface area contributed by atoms with Crippen LogP contribution in [0.3, 0.4) is 0 Å². The first kappa shape index (κ1) is 28.4. The van der Waals surface area contributed by atoms with Crippen molar-refractivity contribution in [3.8, 4) is 5.75 Å². The average Bonchev–Trinajstić information content (AvgIpc) is 3.13. The van der Waals surface area contributed by atoms with Crippen LogP contribution < -0.4 is 15.0 Å². The third-order valence-electron chi connectivity index (χ3n) is 8.83. The van der Waals surface area contributed by atoms with Gasteiger partial charge in [-0.1, -0.05) is 20.4 Å². The van der Waals surface area contributed by atoms with Gasteiger partial charge in [-0.2, -0.15) is 0 Å². The highest BCUT2D eigenvalue weighted by Gasteiger charge is 2.32. The zero-order valence-electron chi connectivity index (χ0n) is 24.8. The lowest BCUT2D eigenvalue weighted by atomic mass is 9.90. The van der Waals surface area contributed by atoms with Crippen molar-refractivity contribution in [2.75, 3.05) is 49.5 Å². The lowest BCUT2D eigenvalue weighted by Gasteiger charge is -2.41. The molecule has 2 saturated heterocycles. The molecule has 3 aliphatic heterocycles. The van der Waals surface area contributed by atoms with Gasteiger partial charge in [0.05, 0.1) is 16.9 Å². The van der Waals surface area contributed by atoms with Crippen LogP contribution in [0.4, 0.5) is 17.2 Å². The zero-order chi connectivity index (χ0) is 28.2. The molecule has 8 heteroatoms. The number of fused-ring (bicyclic) bond motifs is 2. The number of piperidine rings is 2. The highest BCUT2D eigenvalue weighted by Crippen LogP contribution is 2.44. The first-order valence-corrected chi connectivity index (χ1v) is 15.3. The van der Waals surface area contributed by atoms with Crippen LogP contribution >= 0.6 is 0 Å². The second-order valence-corrected chi connectivity index (χ2v) is 11.5. The van der Waals surface area contributed by atoms with Gasteiger partial charge in [-0.05, 0) is 83.7 Å². The Morgan fingerprint density at radius 1 is 1.15 bits per heavy atom. The Bertz CT molecular complexity index is 1190. The molecule has 0 bridgehead atoms. The number of carbonyl (C=O) groups is 1. The molecule has 0 aromatic carbocycles. The molecule has 216 valence electrons. The molecule has 1 N–H and O–H groups in total. The number of nitrogens with one attached hydrogen (secondary N) is 1. The molecule has 2 fully saturated rings. The Kier molecular flexibility index (Phi) is 8.94. The summed E-state index contributed by atoms with van der Waals surface area (Å²) in [4.78, 5) is 28.8. The third kappa shape index (κ3) is 5.82. The number of anilines is 3. The Labute approximate surface area is 239 Å². The largest absolute Gasteiger partial charge is 0.482 e. The number of hydrogen-bond acceptors (Lipinski definition) is 7. The minimum Gasteiger partial charge on any atom is -0.482 e. The fraction of sp³-hybridized carbons (Fsp3) is 0.594. The molecule has 2 aromatic rings. The van der Waals surface area contributed by atoms with Gasteiger partial charge in [-0.25, -0.2) is 4.98 Å². The van der Waals surface area contributed by atoms with E-state index in [4.69, 9.17) is 14.7 Å². The van der Waals surface area contributed by atoms with Crippen molar-refractivity contribution in [2.24, 2.45) is 0 Å². The molecular weight excluding hydrogens is 500 g/mol. The number of hydrogen-bond donors (Lipinski definition) is 1. The van der Waals surface area contributed by atoms with E-state index in [1.807, 2.05) is 11.1 Å². The number of pyridine rings is 2. The van der Waals surface area contributed by atoms with Gasteiger partial charge in [0.25, 0.3) is 0 Å². The lowest BCUT2D eigenvalue weighted by molar-refractivity contribution is -0.127. The van der Waals surface area contributed by atoms with Crippen LogP contribution in [-0.4, -0.2) is 71.0 Å². The van der Waals surface area contributed by atoms with Crippen molar-refractivity contribution < 1.29 is 9.53 Å². The van der Waals surface area contributed by atoms with Gasteiger partial charge in [-0.15, -0.1) is 0 Å². The third-order valence-corrected chi connectivity index (χ3v) is 8.83.